The first-order valence-corrected chi connectivity index (χ1v) is 12.9. The van der Waals surface area contributed by atoms with Crippen molar-refractivity contribution in [2.24, 2.45) is 0 Å². The van der Waals surface area contributed by atoms with Gasteiger partial charge in [0.1, 0.15) is 5.75 Å². The van der Waals surface area contributed by atoms with Gasteiger partial charge >= 0.3 is 0 Å². The molecule has 0 saturated heterocycles. The number of fused-ring (bicyclic) bond motifs is 8. The molecule has 3 aromatic heterocycles. The first-order valence-electron chi connectivity index (χ1n) is 12.1. The minimum absolute atomic E-state index is 0.242. The molecular formula is C32H21N3OS. The second-order valence-corrected chi connectivity index (χ2v) is 10.1. The number of aromatic nitrogens is 3. The van der Waals surface area contributed by atoms with Gasteiger partial charge in [-0.3, -0.25) is 0 Å². The third-order valence-corrected chi connectivity index (χ3v) is 7.61. The summed E-state index contributed by atoms with van der Waals surface area (Å²) in [4.78, 5) is 13.4. The van der Waals surface area contributed by atoms with E-state index < -0.39 is 0 Å². The van der Waals surface area contributed by atoms with Crippen LogP contribution in [0.3, 0.4) is 0 Å². The average Bonchev–Trinajstić information content (AvgIpc) is 3.72. The van der Waals surface area contributed by atoms with Gasteiger partial charge in [-0.15, -0.1) is 11.3 Å². The van der Waals surface area contributed by atoms with Crippen LogP contribution in [0.1, 0.15) is 22.8 Å². The fourth-order valence-corrected chi connectivity index (χ4v) is 5.94. The summed E-state index contributed by atoms with van der Waals surface area (Å²) < 4.78 is 2.24. The standard InChI is InChI=1S/C32H21N3OS/c36-26-12-6-21(7-13-26)32-28-15-11-25(35-28)19-23-9-8-22(33-23)18-24-10-14-27(34-24)31(20-4-2-1-3-5-20)29-16-17-30(32)37-29/h1-19,33,36H. The molecule has 5 heteroatoms. The minimum Gasteiger partial charge on any atom is -0.508 e. The Labute approximate surface area is 217 Å². The Bertz CT molecular complexity index is 1880. The molecule has 7 rings (SSSR count). The van der Waals surface area contributed by atoms with Gasteiger partial charge in [-0.05, 0) is 84.0 Å². The van der Waals surface area contributed by atoms with E-state index in [1.165, 1.54) is 0 Å². The van der Waals surface area contributed by atoms with E-state index in [9.17, 15) is 5.11 Å². The Morgan fingerprint density at radius 2 is 1.11 bits per heavy atom. The molecular weight excluding hydrogens is 474 g/mol. The average molecular weight is 496 g/mol. The molecule has 2 aliphatic heterocycles. The van der Waals surface area contributed by atoms with Crippen molar-refractivity contribution in [1.29, 1.82) is 0 Å². The van der Waals surface area contributed by atoms with Gasteiger partial charge < -0.3 is 10.1 Å². The Morgan fingerprint density at radius 3 is 1.68 bits per heavy atom. The van der Waals surface area contributed by atoms with Crippen LogP contribution in [-0.4, -0.2) is 20.1 Å². The zero-order valence-electron chi connectivity index (χ0n) is 19.7. The number of aromatic hydroxyl groups is 1. The molecule has 37 heavy (non-hydrogen) atoms. The summed E-state index contributed by atoms with van der Waals surface area (Å²) in [5.41, 5.74) is 9.86. The van der Waals surface area contributed by atoms with Crippen molar-refractivity contribution in [2.45, 2.75) is 0 Å². The van der Waals surface area contributed by atoms with E-state index in [1.807, 2.05) is 30.3 Å². The zero-order valence-corrected chi connectivity index (χ0v) is 20.5. The lowest BCUT2D eigenvalue weighted by Gasteiger charge is -2.04. The normalized spacial score (nSPS) is 12.2. The third-order valence-electron chi connectivity index (χ3n) is 6.49. The number of hydrogen-bond acceptors (Lipinski definition) is 4. The molecule has 2 N–H and O–H groups in total. The Hall–Kier alpha value is -4.74. The molecule has 2 aliphatic rings. The van der Waals surface area contributed by atoms with E-state index >= 15 is 0 Å². The smallest absolute Gasteiger partial charge is 0.115 e. The van der Waals surface area contributed by atoms with Gasteiger partial charge in [0.2, 0.25) is 0 Å². The summed E-state index contributed by atoms with van der Waals surface area (Å²) in [6.07, 6.45) is 8.26. The Balaban J connectivity index is 1.63. The predicted molar refractivity (Wildman–Crippen MR) is 155 cm³/mol. The highest BCUT2D eigenvalue weighted by atomic mass is 32.1. The SMILES string of the molecule is Oc1ccc(-c2c3nc(cc4ccc(cc5nc(c(-c6ccccc6)c6ccc2s6)C=C5)[nH]4)C=C3)cc1. The molecule has 8 bridgehead atoms. The number of aromatic amines is 1. The van der Waals surface area contributed by atoms with Crippen LogP contribution in [-0.2, 0) is 0 Å². The Morgan fingerprint density at radius 1 is 0.568 bits per heavy atom. The number of rotatable bonds is 2. The molecule has 0 spiro atoms. The lowest BCUT2D eigenvalue weighted by Crippen LogP contribution is -1.83. The highest BCUT2D eigenvalue weighted by Crippen LogP contribution is 2.39. The molecule has 0 saturated carbocycles. The second kappa shape index (κ2) is 8.73. The van der Waals surface area contributed by atoms with Crippen LogP contribution in [0.2, 0.25) is 0 Å². The molecule has 176 valence electrons. The highest BCUT2D eigenvalue weighted by Gasteiger charge is 2.14. The number of nitrogens with one attached hydrogen (secondary N) is 1. The van der Waals surface area contributed by atoms with Crippen molar-refractivity contribution in [3.8, 4) is 28.0 Å². The summed E-state index contributed by atoms with van der Waals surface area (Å²) in [6, 6.07) is 30.3. The maximum atomic E-state index is 9.92. The van der Waals surface area contributed by atoms with Crippen molar-refractivity contribution in [3.05, 3.63) is 114 Å². The topological polar surface area (TPSA) is 61.8 Å². The second-order valence-electron chi connectivity index (χ2n) is 8.99. The van der Waals surface area contributed by atoms with Crippen LogP contribution in [0, 0.1) is 0 Å². The summed E-state index contributed by atoms with van der Waals surface area (Å²) >= 11 is 1.73. The summed E-state index contributed by atoms with van der Waals surface area (Å²) in [6.45, 7) is 0. The summed E-state index contributed by atoms with van der Waals surface area (Å²) in [5.74, 6) is 0.242. The van der Waals surface area contributed by atoms with Crippen molar-refractivity contribution in [3.63, 3.8) is 0 Å². The van der Waals surface area contributed by atoms with E-state index in [4.69, 9.17) is 9.97 Å². The minimum atomic E-state index is 0.242. The van der Waals surface area contributed by atoms with Gasteiger partial charge in [0.25, 0.3) is 0 Å². The first-order chi connectivity index (χ1) is 18.2. The fraction of sp³-hybridized carbons (Fsp3) is 0. The lowest BCUT2D eigenvalue weighted by molar-refractivity contribution is 0.475. The monoisotopic (exact) mass is 495 g/mol. The number of H-pyrrole nitrogens is 1. The van der Waals surface area contributed by atoms with E-state index in [1.54, 1.807) is 23.5 Å². The van der Waals surface area contributed by atoms with Crippen molar-refractivity contribution in [2.75, 3.05) is 0 Å². The zero-order chi connectivity index (χ0) is 24.8. The molecule has 0 fully saturated rings. The largest absolute Gasteiger partial charge is 0.508 e. The van der Waals surface area contributed by atoms with Crippen LogP contribution >= 0.6 is 11.3 Å². The van der Waals surface area contributed by atoms with Crippen LogP contribution in [0.25, 0.3) is 67.0 Å². The van der Waals surface area contributed by atoms with Crippen molar-refractivity contribution in [1.82, 2.24) is 15.0 Å². The number of phenolic OH excluding ortho intramolecular Hbond substituents is 1. The quantitative estimate of drug-likeness (QED) is 0.253. The van der Waals surface area contributed by atoms with Crippen LogP contribution < -0.4 is 0 Å². The molecule has 0 radical (unpaired) electrons. The van der Waals surface area contributed by atoms with E-state index in [2.05, 4.69) is 77.8 Å². The highest BCUT2D eigenvalue weighted by molar-refractivity contribution is 7.24. The van der Waals surface area contributed by atoms with E-state index in [-0.39, 0.29) is 5.75 Å². The lowest BCUT2D eigenvalue weighted by atomic mass is 10.0. The Kier molecular flexibility index (Phi) is 5.08. The molecule has 2 aromatic carbocycles. The predicted octanol–water partition coefficient (Wildman–Crippen LogP) is 8.43. The summed E-state index contributed by atoms with van der Waals surface area (Å²) in [5, 5.41) is 9.92. The summed E-state index contributed by atoms with van der Waals surface area (Å²) in [7, 11) is 0. The van der Waals surface area contributed by atoms with Gasteiger partial charge in [0.15, 0.2) is 0 Å². The van der Waals surface area contributed by atoms with Gasteiger partial charge in [-0.25, -0.2) is 9.97 Å². The van der Waals surface area contributed by atoms with Gasteiger partial charge in [-0.1, -0.05) is 42.5 Å². The first kappa shape index (κ1) is 21.5. The number of benzene rings is 2. The van der Waals surface area contributed by atoms with E-state index in [0.29, 0.717) is 0 Å². The van der Waals surface area contributed by atoms with Crippen LogP contribution in [0.5, 0.6) is 5.75 Å². The molecule has 5 heterocycles. The molecule has 0 amide bonds. The number of nitrogens with zero attached hydrogens (tertiary/aromatic N) is 2. The fourth-order valence-electron chi connectivity index (χ4n) is 4.78. The number of hydrogen-bond donors (Lipinski definition) is 2. The molecule has 5 aromatic rings. The van der Waals surface area contributed by atoms with Crippen LogP contribution in [0.15, 0.2) is 91.0 Å². The molecule has 0 atom stereocenters. The van der Waals surface area contributed by atoms with Gasteiger partial charge in [0, 0.05) is 31.6 Å². The van der Waals surface area contributed by atoms with Crippen molar-refractivity contribution >= 4 is 56.1 Å². The maximum Gasteiger partial charge on any atom is 0.115 e. The van der Waals surface area contributed by atoms with Crippen molar-refractivity contribution < 1.29 is 5.11 Å². The van der Waals surface area contributed by atoms with Gasteiger partial charge in [-0.2, -0.15) is 0 Å². The van der Waals surface area contributed by atoms with Gasteiger partial charge in [0.05, 0.1) is 22.8 Å². The third kappa shape index (κ3) is 4.05. The molecule has 0 unspecified atom stereocenters. The number of phenols is 1. The van der Waals surface area contributed by atoms with E-state index in [0.717, 1.165) is 65.5 Å². The molecule has 0 aliphatic carbocycles. The van der Waals surface area contributed by atoms with Crippen LogP contribution in [0.4, 0.5) is 0 Å². The maximum absolute atomic E-state index is 9.92. The number of thiophene rings is 1. The molecule has 4 nitrogen and oxygen atoms in total.